The van der Waals surface area contributed by atoms with E-state index in [-0.39, 0.29) is 0 Å². The Labute approximate surface area is 108 Å². The fraction of sp³-hybridized carbons (Fsp3) is 0.538. The number of nitrogens with two attached hydrogens (primary N) is 1. The minimum Gasteiger partial charge on any atom is -0.479 e. The first-order valence-corrected chi connectivity index (χ1v) is 6.21. The Balaban J connectivity index is 2.89. The van der Waals surface area contributed by atoms with Crippen molar-refractivity contribution in [1.29, 1.82) is 0 Å². The zero-order valence-electron chi connectivity index (χ0n) is 11.2. The molecule has 5 nitrogen and oxygen atoms in total. The third kappa shape index (κ3) is 4.00. The molecule has 1 rings (SSSR count). The van der Waals surface area contributed by atoms with E-state index in [2.05, 4.69) is 10.3 Å². The maximum atomic E-state index is 11.2. The van der Waals surface area contributed by atoms with Crippen LogP contribution in [0.25, 0.3) is 0 Å². The van der Waals surface area contributed by atoms with Gasteiger partial charge < -0.3 is 15.8 Å². The Bertz CT molecular complexity index is 407. The fourth-order valence-corrected chi connectivity index (χ4v) is 1.57. The van der Waals surface area contributed by atoms with Gasteiger partial charge in [-0.05, 0) is 32.0 Å². The molecule has 0 aromatic carbocycles. The van der Waals surface area contributed by atoms with Gasteiger partial charge in [0.1, 0.15) is 5.75 Å². The van der Waals surface area contributed by atoms with Gasteiger partial charge in [-0.2, -0.15) is 0 Å². The van der Waals surface area contributed by atoms with Crippen molar-refractivity contribution in [3.63, 3.8) is 0 Å². The molecule has 0 spiro atoms. The summed E-state index contributed by atoms with van der Waals surface area (Å²) in [5, 5.41) is 3.19. The molecule has 1 aromatic rings. The number of rotatable bonds is 7. The second-order valence-corrected chi connectivity index (χ2v) is 4.09. The van der Waals surface area contributed by atoms with Crippen LogP contribution in [0, 0.1) is 6.92 Å². The van der Waals surface area contributed by atoms with Crippen molar-refractivity contribution in [2.75, 3.05) is 6.54 Å². The largest absolute Gasteiger partial charge is 0.479 e. The molecule has 1 amide bonds. The summed E-state index contributed by atoms with van der Waals surface area (Å²) in [6.45, 7) is 7.27. The fourth-order valence-electron chi connectivity index (χ4n) is 1.57. The van der Waals surface area contributed by atoms with Crippen LogP contribution in [-0.4, -0.2) is 23.5 Å². The molecule has 3 N–H and O–H groups in total. The lowest BCUT2D eigenvalue weighted by atomic mass is 10.2. The quantitative estimate of drug-likeness (QED) is 0.762. The first-order chi connectivity index (χ1) is 8.58. The van der Waals surface area contributed by atoms with Gasteiger partial charge in [-0.25, -0.2) is 0 Å². The van der Waals surface area contributed by atoms with Crippen molar-refractivity contribution in [2.45, 2.75) is 39.8 Å². The number of primary amides is 1. The average molecular weight is 251 g/mol. The number of carbonyl (C=O) groups excluding carboxylic acids is 1. The summed E-state index contributed by atoms with van der Waals surface area (Å²) in [7, 11) is 0. The lowest BCUT2D eigenvalue weighted by Crippen LogP contribution is -2.33. The number of aryl methyl sites for hydroxylation is 1. The number of nitrogens with zero attached hydrogens (tertiary/aromatic N) is 1. The highest BCUT2D eigenvalue weighted by Crippen LogP contribution is 2.19. The minimum atomic E-state index is -0.602. The van der Waals surface area contributed by atoms with Crippen molar-refractivity contribution in [1.82, 2.24) is 10.3 Å². The third-order valence-electron chi connectivity index (χ3n) is 2.57. The number of amides is 1. The summed E-state index contributed by atoms with van der Waals surface area (Å²) in [5.74, 6) is 0.166. The molecule has 0 radical (unpaired) electrons. The minimum absolute atomic E-state index is 0.451. The van der Waals surface area contributed by atoms with E-state index in [0.29, 0.717) is 18.7 Å². The summed E-state index contributed by atoms with van der Waals surface area (Å²) in [4.78, 5) is 15.6. The molecular weight excluding hydrogens is 230 g/mol. The monoisotopic (exact) mass is 251 g/mol. The van der Waals surface area contributed by atoms with E-state index in [1.54, 1.807) is 0 Å². The molecule has 1 aromatic heterocycles. The Morgan fingerprint density at radius 2 is 2.22 bits per heavy atom. The van der Waals surface area contributed by atoms with Crippen molar-refractivity contribution in [3.05, 3.63) is 23.5 Å². The predicted octanol–water partition coefficient (Wildman–Crippen LogP) is 1.14. The molecule has 1 atom stereocenters. The van der Waals surface area contributed by atoms with Crippen LogP contribution in [-0.2, 0) is 11.3 Å². The Hall–Kier alpha value is -1.62. The van der Waals surface area contributed by atoms with Crippen LogP contribution in [0.2, 0.25) is 0 Å². The zero-order valence-corrected chi connectivity index (χ0v) is 11.2. The maximum absolute atomic E-state index is 11.2. The van der Waals surface area contributed by atoms with Gasteiger partial charge in [0.05, 0.1) is 5.69 Å². The second kappa shape index (κ2) is 6.96. The molecule has 0 aliphatic carbocycles. The maximum Gasteiger partial charge on any atom is 0.258 e. The van der Waals surface area contributed by atoms with Crippen molar-refractivity contribution in [3.8, 4) is 5.75 Å². The van der Waals surface area contributed by atoms with E-state index in [4.69, 9.17) is 10.5 Å². The summed E-state index contributed by atoms with van der Waals surface area (Å²) in [6, 6.07) is 3.69. The predicted molar refractivity (Wildman–Crippen MR) is 70.3 cm³/mol. The molecule has 100 valence electrons. The molecular formula is C13H21N3O2. The number of pyridine rings is 1. The lowest BCUT2D eigenvalue weighted by Gasteiger charge is -2.17. The number of aromatic nitrogens is 1. The Morgan fingerprint density at radius 3 is 2.78 bits per heavy atom. The molecule has 18 heavy (non-hydrogen) atoms. The van der Waals surface area contributed by atoms with Gasteiger partial charge in [-0.1, -0.05) is 13.8 Å². The topological polar surface area (TPSA) is 77.2 Å². The van der Waals surface area contributed by atoms with Crippen molar-refractivity contribution < 1.29 is 9.53 Å². The number of hydrogen-bond donors (Lipinski definition) is 2. The van der Waals surface area contributed by atoms with Gasteiger partial charge in [0.2, 0.25) is 0 Å². The molecule has 0 aliphatic rings. The number of hydrogen-bond acceptors (Lipinski definition) is 4. The molecule has 0 bridgehead atoms. The molecule has 0 fully saturated rings. The summed E-state index contributed by atoms with van der Waals surface area (Å²) in [6.07, 6.45) is -0.0565. The zero-order chi connectivity index (χ0) is 13.5. The van der Waals surface area contributed by atoms with E-state index >= 15 is 0 Å². The van der Waals surface area contributed by atoms with E-state index in [1.165, 1.54) is 0 Å². The van der Waals surface area contributed by atoms with Crippen LogP contribution in [0.5, 0.6) is 5.75 Å². The number of nitrogens with one attached hydrogen (secondary N) is 1. The molecule has 0 saturated heterocycles. The lowest BCUT2D eigenvalue weighted by molar-refractivity contribution is -0.124. The number of carbonyl (C=O) groups is 1. The van der Waals surface area contributed by atoms with Crippen molar-refractivity contribution in [2.24, 2.45) is 5.73 Å². The van der Waals surface area contributed by atoms with Crippen LogP contribution in [0.3, 0.4) is 0 Å². The standard InChI is InChI=1S/C13H21N3O2/c1-4-11(13(14)17)18-12-7-6-9(3)16-10(12)8-15-5-2/h6-7,11,15H,4-5,8H2,1-3H3,(H2,14,17). The van der Waals surface area contributed by atoms with E-state index in [0.717, 1.165) is 17.9 Å². The normalized spacial score (nSPS) is 12.2. The highest BCUT2D eigenvalue weighted by atomic mass is 16.5. The average Bonchev–Trinajstić information content (AvgIpc) is 2.34. The number of ether oxygens (including phenoxy) is 1. The van der Waals surface area contributed by atoms with Gasteiger partial charge in [0, 0.05) is 12.2 Å². The van der Waals surface area contributed by atoms with Gasteiger partial charge >= 0.3 is 0 Å². The van der Waals surface area contributed by atoms with Gasteiger partial charge in [-0.15, -0.1) is 0 Å². The second-order valence-electron chi connectivity index (χ2n) is 4.09. The van der Waals surface area contributed by atoms with E-state index in [9.17, 15) is 4.79 Å². The molecule has 5 heteroatoms. The first-order valence-electron chi connectivity index (χ1n) is 6.21. The SMILES string of the molecule is CCNCc1nc(C)ccc1OC(CC)C(N)=O. The molecule has 0 saturated carbocycles. The highest BCUT2D eigenvalue weighted by Gasteiger charge is 2.17. The summed E-state index contributed by atoms with van der Waals surface area (Å²) >= 11 is 0. The van der Waals surface area contributed by atoms with E-state index in [1.807, 2.05) is 32.9 Å². The molecule has 1 unspecified atom stereocenters. The highest BCUT2D eigenvalue weighted by molar-refractivity contribution is 5.79. The van der Waals surface area contributed by atoms with Gasteiger partial charge in [0.25, 0.3) is 5.91 Å². The molecule has 1 heterocycles. The van der Waals surface area contributed by atoms with Crippen molar-refractivity contribution >= 4 is 5.91 Å². The first kappa shape index (κ1) is 14.4. The van der Waals surface area contributed by atoms with Crippen LogP contribution in [0.4, 0.5) is 0 Å². The van der Waals surface area contributed by atoms with Crippen LogP contribution >= 0.6 is 0 Å². The van der Waals surface area contributed by atoms with Gasteiger partial charge in [0.15, 0.2) is 6.10 Å². The molecule has 0 aliphatic heterocycles. The van der Waals surface area contributed by atoms with Crippen LogP contribution < -0.4 is 15.8 Å². The summed E-state index contributed by atoms with van der Waals surface area (Å²) < 4.78 is 5.63. The third-order valence-corrected chi connectivity index (χ3v) is 2.57. The van der Waals surface area contributed by atoms with Crippen LogP contribution in [0.15, 0.2) is 12.1 Å². The van der Waals surface area contributed by atoms with Gasteiger partial charge in [-0.3, -0.25) is 9.78 Å². The smallest absolute Gasteiger partial charge is 0.258 e. The van der Waals surface area contributed by atoms with E-state index < -0.39 is 12.0 Å². The Kier molecular flexibility index (Phi) is 5.58. The Morgan fingerprint density at radius 1 is 1.50 bits per heavy atom. The van der Waals surface area contributed by atoms with Crippen LogP contribution in [0.1, 0.15) is 31.7 Å². The summed E-state index contributed by atoms with van der Waals surface area (Å²) in [5.41, 5.74) is 7.00.